The molecule has 0 aliphatic heterocycles. The molecule has 0 aliphatic carbocycles. The van der Waals surface area contributed by atoms with Crippen molar-refractivity contribution in [3.63, 3.8) is 0 Å². The molecule has 9 aromatic rings. The van der Waals surface area contributed by atoms with Crippen molar-refractivity contribution in [1.29, 1.82) is 0 Å². The Bertz CT molecular complexity index is 2970. The SMILES string of the molecule is O=c1c2cc(Cl)ccc2n(CCCCCCCC[n+]2cccc3ccccc32)c2cc3c(=O)c4cc(Cl)ccc4n(CCCCCCCC[n+]4cccc5ccccc54)c3cc12. The summed E-state index contributed by atoms with van der Waals surface area (Å²) >= 11 is 13.0. The fourth-order valence-corrected chi connectivity index (χ4v) is 9.96. The fraction of sp³-hybridized carbons (Fsp3) is 0.296. The molecule has 0 bridgehead atoms. The summed E-state index contributed by atoms with van der Waals surface area (Å²) in [6.45, 7) is 3.51. The highest BCUT2D eigenvalue weighted by Crippen LogP contribution is 2.29. The number of unbranched alkanes of at least 4 members (excludes halogenated alkanes) is 10. The minimum Gasteiger partial charge on any atom is -0.340 e. The highest BCUT2D eigenvalue weighted by Gasteiger charge is 2.18. The van der Waals surface area contributed by atoms with Crippen molar-refractivity contribution >= 4 is 88.6 Å². The molecule has 62 heavy (non-hydrogen) atoms. The first kappa shape index (κ1) is 41.8. The molecule has 314 valence electrons. The van der Waals surface area contributed by atoms with Crippen LogP contribution in [0.15, 0.2) is 143 Å². The zero-order valence-corrected chi connectivity index (χ0v) is 36.9. The van der Waals surface area contributed by atoms with Crippen LogP contribution in [0, 0.1) is 0 Å². The van der Waals surface area contributed by atoms with Gasteiger partial charge >= 0.3 is 0 Å². The minimum absolute atomic E-state index is 0.0587. The van der Waals surface area contributed by atoms with E-state index in [1.54, 1.807) is 12.1 Å². The van der Waals surface area contributed by atoms with Gasteiger partial charge in [0, 0.05) is 92.6 Å². The normalized spacial score (nSPS) is 11.9. The molecular weight excluding hydrogens is 808 g/mol. The summed E-state index contributed by atoms with van der Waals surface area (Å²) in [4.78, 5) is 28.7. The molecule has 0 fully saturated rings. The third kappa shape index (κ3) is 8.86. The summed E-state index contributed by atoms with van der Waals surface area (Å²) in [5.74, 6) is 0. The van der Waals surface area contributed by atoms with E-state index in [1.165, 1.54) is 47.5 Å². The maximum atomic E-state index is 14.4. The monoisotopic (exact) mass is 860 g/mol. The molecule has 5 aromatic carbocycles. The molecule has 0 saturated heterocycles. The number of rotatable bonds is 18. The molecule has 6 nitrogen and oxygen atoms in total. The summed E-state index contributed by atoms with van der Waals surface area (Å²) in [6.07, 6.45) is 17.8. The number of aromatic nitrogens is 4. The Kier molecular flexibility index (Phi) is 13.0. The smallest absolute Gasteiger partial charge is 0.212 e. The molecule has 0 unspecified atom stereocenters. The van der Waals surface area contributed by atoms with Crippen LogP contribution in [0.25, 0.3) is 65.4 Å². The van der Waals surface area contributed by atoms with Crippen LogP contribution >= 0.6 is 23.2 Å². The number of halogens is 2. The lowest BCUT2D eigenvalue weighted by atomic mass is 10.0. The zero-order valence-electron chi connectivity index (χ0n) is 35.4. The van der Waals surface area contributed by atoms with Crippen molar-refractivity contribution in [2.24, 2.45) is 0 Å². The van der Waals surface area contributed by atoms with E-state index in [4.69, 9.17) is 23.2 Å². The molecule has 4 aromatic heterocycles. The average molecular weight is 862 g/mol. The highest BCUT2D eigenvalue weighted by atomic mass is 35.5. The van der Waals surface area contributed by atoms with E-state index in [0.717, 1.165) is 99.6 Å². The van der Waals surface area contributed by atoms with E-state index in [0.29, 0.717) is 31.6 Å². The number of pyridine rings is 4. The number of para-hydroxylation sites is 2. The number of benzene rings is 5. The predicted octanol–water partition coefficient (Wildman–Crippen LogP) is 12.9. The molecule has 8 heteroatoms. The number of hydrogen-bond donors (Lipinski definition) is 0. The Morgan fingerprint density at radius 2 is 0.758 bits per heavy atom. The van der Waals surface area contributed by atoms with Gasteiger partial charge < -0.3 is 9.13 Å². The van der Waals surface area contributed by atoms with Crippen LogP contribution in [0.4, 0.5) is 0 Å². The number of fused-ring (bicyclic) bond motifs is 6. The van der Waals surface area contributed by atoms with Gasteiger partial charge in [-0.2, -0.15) is 9.13 Å². The van der Waals surface area contributed by atoms with Gasteiger partial charge in [0.15, 0.2) is 23.3 Å². The van der Waals surface area contributed by atoms with Gasteiger partial charge in [-0.3, -0.25) is 9.59 Å². The van der Waals surface area contributed by atoms with Gasteiger partial charge in [-0.15, -0.1) is 0 Å². The van der Waals surface area contributed by atoms with E-state index < -0.39 is 0 Å². The Morgan fingerprint density at radius 3 is 1.21 bits per heavy atom. The quantitative estimate of drug-likeness (QED) is 0.0490. The zero-order chi connectivity index (χ0) is 42.4. The minimum atomic E-state index is -0.0587. The van der Waals surface area contributed by atoms with Crippen LogP contribution in [0.1, 0.15) is 77.0 Å². The van der Waals surface area contributed by atoms with Crippen molar-refractivity contribution in [2.45, 2.75) is 103 Å². The lowest BCUT2D eigenvalue weighted by molar-refractivity contribution is -0.672. The summed E-state index contributed by atoms with van der Waals surface area (Å²) in [7, 11) is 0. The number of aryl methyl sites for hydroxylation is 4. The maximum Gasteiger partial charge on any atom is 0.212 e. The predicted molar refractivity (Wildman–Crippen MR) is 259 cm³/mol. The Morgan fingerprint density at radius 1 is 0.387 bits per heavy atom. The van der Waals surface area contributed by atoms with Gasteiger partial charge in [-0.05, 0) is 98.5 Å². The van der Waals surface area contributed by atoms with E-state index in [-0.39, 0.29) is 10.9 Å². The van der Waals surface area contributed by atoms with Crippen molar-refractivity contribution < 1.29 is 9.13 Å². The molecule has 0 N–H and O–H groups in total. The second-order valence-corrected chi connectivity index (χ2v) is 17.8. The third-order valence-electron chi connectivity index (χ3n) is 12.8. The van der Waals surface area contributed by atoms with Gasteiger partial charge in [0.25, 0.3) is 0 Å². The summed E-state index contributed by atoms with van der Waals surface area (Å²) in [6, 6.07) is 40.9. The molecule has 0 amide bonds. The standard InChI is InChI=1S/C54H54Cl2N4O2/c55-41-25-27-49-43(35-41)53(61)45-38-52-46(37-51(45)59(49)33-15-7-3-1-5-13-29-57-31-17-21-39-19-9-11-23-47(39)57)54(62)44-36-42(56)26-28-50(44)60(52)34-16-8-4-2-6-14-30-58-32-18-22-40-20-10-12-24-48(40)58/h9-12,17-28,31-32,35-38H,1-8,13-16,29-30,33-34H2/q+2. The molecule has 4 heterocycles. The largest absolute Gasteiger partial charge is 0.340 e. The molecule has 9 rings (SSSR count). The van der Waals surface area contributed by atoms with Crippen LogP contribution in [-0.2, 0) is 26.2 Å². The fourth-order valence-electron chi connectivity index (χ4n) is 9.62. The van der Waals surface area contributed by atoms with E-state index in [9.17, 15) is 9.59 Å². The van der Waals surface area contributed by atoms with Crippen molar-refractivity contribution in [3.05, 3.63) is 164 Å². The van der Waals surface area contributed by atoms with Crippen LogP contribution in [-0.4, -0.2) is 9.13 Å². The average Bonchev–Trinajstić information content (AvgIpc) is 3.30. The first-order chi connectivity index (χ1) is 30.4. The number of nitrogens with zero attached hydrogens (tertiary/aromatic N) is 4. The third-order valence-corrected chi connectivity index (χ3v) is 13.3. The van der Waals surface area contributed by atoms with Crippen LogP contribution in [0.5, 0.6) is 0 Å². The lowest BCUT2D eigenvalue weighted by Crippen LogP contribution is -2.33. The molecular formula is C54H54Cl2N4O2+2. The summed E-state index contributed by atoms with van der Waals surface area (Å²) in [5, 5.41) is 6.07. The van der Waals surface area contributed by atoms with Crippen LogP contribution in [0.3, 0.4) is 0 Å². The molecule has 0 saturated carbocycles. The van der Waals surface area contributed by atoms with Crippen molar-refractivity contribution in [2.75, 3.05) is 0 Å². The van der Waals surface area contributed by atoms with E-state index >= 15 is 0 Å². The Balaban J connectivity index is 0.905. The Labute approximate surface area is 372 Å². The van der Waals surface area contributed by atoms with E-state index in [1.807, 2.05) is 36.4 Å². The van der Waals surface area contributed by atoms with Gasteiger partial charge in [-0.25, -0.2) is 0 Å². The topological polar surface area (TPSA) is 51.8 Å². The van der Waals surface area contributed by atoms with Crippen LogP contribution < -0.4 is 20.0 Å². The second kappa shape index (κ2) is 19.2. The van der Waals surface area contributed by atoms with Gasteiger partial charge in [0.05, 0.1) is 22.1 Å². The first-order valence-electron chi connectivity index (χ1n) is 22.6. The molecule has 0 atom stereocenters. The Hall–Kier alpha value is -5.56. The lowest BCUT2D eigenvalue weighted by Gasteiger charge is -2.19. The summed E-state index contributed by atoms with van der Waals surface area (Å²) in [5.41, 5.74) is 5.72. The van der Waals surface area contributed by atoms with Crippen molar-refractivity contribution in [3.8, 4) is 0 Å². The maximum absolute atomic E-state index is 14.4. The van der Waals surface area contributed by atoms with Crippen molar-refractivity contribution in [1.82, 2.24) is 9.13 Å². The second-order valence-electron chi connectivity index (χ2n) is 16.9. The van der Waals surface area contributed by atoms with E-state index in [2.05, 4.69) is 103 Å². The van der Waals surface area contributed by atoms with Crippen LogP contribution in [0.2, 0.25) is 10.0 Å². The highest BCUT2D eigenvalue weighted by molar-refractivity contribution is 6.31. The van der Waals surface area contributed by atoms with Gasteiger partial charge in [-0.1, -0.05) is 86.0 Å². The number of hydrogen-bond acceptors (Lipinski definition) is 2. The van der Waals surface area contributed by atoms with Gasteiger partial charge in [0.1, 0.15) is 13.1 Å². The molecule has 0 aliphatic rings. The summed E-state index contributed by atoms with van der Waals surface area (Å²) < 4.78 is 9.20. The van der Waals surface area contributed by atoms with Gasteiger partial charge in [0.2, 0.25) is 11.0 Å². The molecule has 0 radical (unpaired) electrons. The molecule has 0 spiro atoms. The first-order valence-corrected chi connectivity index (χ1v) is 23.4.